The highest BCUT2D eigenvalue weighted by molar-refractivity contribution is 6.62. The standard InChI is InChI=1S/C20H29BFNO4/c1-18(2,3)25-17(24)23-11-10-14-13(12-23)8-9-15(16(14)22)21-26-19(4,5)20(6,7)27-21/h8-9H,10-12H2,1-7H3. The van der Waals surface area contributed by atoms with E-state index in [2.05, 4.69) is 0 Å². The van der Waals surface area contributed by atoms with E-state index in [1.807, 2.05) is 54.5 Å². The first-order valence-electron chi connectivity index (χ1n) is 9.44. The fourth-order valence-electron chi connectivity index (χ4n) is 3.26. The Kier molecular flexibility index (Phi) is 4.84. The first-order valence-corrected chi connectivity index (χ1v) is 9.44. The number of carbonyl (C=O) groups is 1. The molecule has 27 heavy (non-hydrogen) atoms. The molecule has 0 unspecified atom stereocenters. The predicted molar refractivity (Wildman–Crippen MR) is 102 cm³/mol. The predicted octanol–water partition coefficient (Wildman–Crippen LogP) is 3.42. The zero-order valence-electron chi connectivity index (χ0n) is 17.3. The zero-order valence-corrected chi connectivity index (χ0v) is 17.3. The SMILES string of the molecule is CC(C)(C)OC(=O)N1CCc2c(ccc(B3OC(C)(C)C(C)(C)O3)c2F)C1. The quantitative estimate of drug-likeness (QED) is 0.704. The molecule has 0 aromatic heterocycles. The number of hydrogen-bond acceptors (Lipinski definition) is 4. The summed E-state index contributed by atoms with van der Waals surface area (Å²) in [5.74, 6) is -0.296. The Morgan fingerprint density at radius 2 is 1.78 bits per heavy atom. The van der Waals surface area contributed by atoms with Gasteiger partial charge in [0.05, 0.1) is 11.2 Å². The largest absolute Gasteiger partial charge is 0.497 e. The third-order valence-electron chi connectivity index (χ3n) is 5.52. The summed E-state index contributed by atoms with van der Waals surface area (Å²) in [5.41, 5.74) is 0.245. The minimum Gasteiger partial charge on any atom is -0.444 e. The van der Waals surface area contributed by atoms with Crippen molar-refractivity contribution in [2.75, 3.05) is 6.54 Å². The lowest BCUT2D eigenvalue weighted by Crippen LogP contribution is -2.42. The van der Waals surface area contributed by atoms with E-state index in [9.17, 15) is 4.79 Å². The van der Waals surface area contributed by atoms with Crippen LogP contribution in [0.1, 0.15) is 59.6 Å². The number of fused-ring (bicyclic) bond motifs is 1. The highest BCUT2D eigenvalue weighted by Gasteiger charge is 2.52. The molecule has 1 fully saturated rings. The fourth-order valence-corrected chi connectivity index (χ4v) is 3.26. The van der Waals surface area contributed by atoms with E-state index in [0.717, 1.165) is 5.56 Å². The molecule has 1 aromatic carbocycles. The van der Waals surface area contributed by atoms with Crippen LogP contribution in [0, 0.1) is 5.82 Å². The van der Waals surface area contributed by atoms with Gasteiger partial charge in [-0.05, 0) is 66.0 Å². The van der Waals surface area contributed by atoms with Crippen molar-refractivity contribution in [3.63, 3.8) is 0 Å². The smallest absolute Gasteiger partial charge is 0.444 e. The van der Waals surface area contributed by atoms with Crippen LogP contribution in [-0.2, 0) is 27.0 Å². The molecule has 2 heterocycles. The zero-order chi connectivity index (χ0) is 20.2. The molecule has 0 aliphatic carbocycles. The average molecular weight is 377 g/mol. The van der Waals surface area contributed by atoms with E-state index in [4.69, 9.17) is 14.0 Å². The molecule has 1 saturated heterocycles. The Morgan fingerprint density at radius 1 is 1.19 bits per heavy atom. The molecular weight excluding hydrogens is 348 g/mol. The summed E-state index contributed by atoms with van der Waals surface area (Å²) in [6.45, 7) is 14.0. The summed E-state index contributed by atoms with van der Waals surface area (Å²) in [5, 5.41) is 0. The summed E-state index contributed by atoms with van der Waals surface area (Å²) in [4.78, 5) is 13.9. The number of nitrogens with zero attached hydrogens (tertiary/aromatic N) is 1. The highest BCUT2D eigenvalue weighted by atomic mass is 19.1. The minimum atomic E-state index is -0.732. The maximum atomic E-state index is 15.2. The molecule has 5 nitrogen and oxygen atoms in total. The van der Waals surface area contributed by atoms with Crippen LogP contribution < -0.4 is 5.46 Å². The molecule has 2 aliphatic rings. The fraction of sp³-hybridized carbons (Fsp3) is 0.650. The van der Waals surface area contributed by atoms with Gasteiger partial charge in [-0.15, -0.1) is 0 Å². The Labute approximate surface area is 161 Å². The van der Waals surface area contributed by atoms with Crippen LogP contribution >= 0.6 is 0 Å². The van der Waals surface area contributed by atoms with Crippen LogP contribution in [0.2, 0.25) is 0 Å². The lowest BCUT2D eigenvalue weighted by molar-refractivity contribution is 0.00578. The van der Waals surface area contributed by atoms with Gasteiger partial charge in [-0.2, -0.15) is 0 Å². The van der Waals surface area contributed by atoms with Crippen molar-refractivity contribution in [2.24, 2.45) is 0 Å². The van der Waals surface area contributed by atoms with E-state index >= 15 is 4.39 Å². The maximum absolute atomic E-state index is 15.2. The molecule has 1 aromatic rings. The summed E-state index contributed by atoms with van der Waals surface area (Å²) >= 11 is 0. The molecule has 0 N–H and O–H groups in total. The van der Waals surface area contributed by atoms with Gasteiger partial charge in [0.2, 0.25) is 0 Å². The van der Waals surface area contributed by atoms with E-state index in [1.54, 1.807) is 11.0 Å². The van der Waals surface area contributed by atoms with Gasteiger partial charge in [-0.3, -0.25) is 0 Å². The second-order valence-corrected chi connectivity index (χ2v) is 9.35. The van der Waals surface area contributed by atoms with Crippen LogP contribution in [0.5, 0.6) is 0 Å². The first-order chi connectivity index (χ1) is 12.3. The van der Waals surface area contributed by atoms with Crippen LogP contribution in [-0.4, -0.2) is 41.5 Å². The molecule has 0 bridgehead atoms. The summed E-state index contributed by atoms with van der Waals surface area (Å²) in [6.07, 6.45) is 0.0666. The molecule has 148 valence electrons. The second-order valence-electron chi connectivity index (χ2n) is 9.35. The molecule has 0 saturated carbocycles. The van der Waals surface area contributed by atoms with Crippen molar-refractivity contribution in [2.45, 2.75) is 78.2 Å². The van der Waals surface area contributed by atoms with Gasteiger partial charge in [-0.25, -0.2) is 9.18 Å². The van der Waals surface area contributed by atoms with Gasteiger partial charge in [0.1, 0.15) is 11.4 Å². The highest BCUT2D eigenvalue weighted by Crippen LogP contribution is 2.37. The normalized spacial score (nSPS) is 21.2. The topological polar surface area (TPSA) is 48.0 Å². The molecule has 7 heteroatoms. The van der Waals surface area contributed by atoms with Crippen molar-refractivity contribution in [3.8, 4) is 0 Å². The van der Waals surface area contributed by atoms with E-state index in [0.29, 0.717) is 30.5 Å². The number of rotatable bonds is 1. The number of amides is 1. The third-order valence-corrected chi connectivity index (χ3v) is 5.52. The first kappa shape index (κ1) is 20.1. The summed E-state index contributed by atoms with van der Waals surface area (Å²) < 4.78 is 32.6. The van der Waals surface area contributed by atoms with E-state index < -0.39 is 23.9 Å². The lowest BCUT2D eigenvalue weighted by atomic mass is 9.76. The van der Waals surface area contributed by atoms with E-state index in [-0.39, 0.29) is 11.9 Å². The van der Waals surface area contributed by atoms with Gasteiger partial charge < -0.3 is 18.9 Å². The van der Waals surface area contributed by atoms with Crippen LogP contribution in [0.3, 0.4) is 0 Å². The van der Waals surface area contributed by atoms with Gasteiger partial charge >= 0.3 is 13.2 Å². The molecule has 1 amide bonds. The lowest BCUT2D eigenvalue weighted by Gasteiger charge is -2.32. The van der Waals surface area contributed by atoms with Crippen molar-refractivity contribution in [1.82, 2.24) is 4.90 Å². The van der Waals surface area contributed by atoms with E-state index in [1.165, 1.54) is 0 Å². The van der Waals surface area contributed by atoms with Gasteiger partial charge in [0, 0.05) is 18.6 Å². The van der Waals surface area contributed by atoms with Crippen LogP contribution in [0.25, 0.3) is 0 Å². The van der Waals surface area contributed by atoms with Crippen molar-refractivity contribution >= 4 is 18.7 Å². The Bertz CT molecular complexity index is 741. The van der Waals surface area contributed by atoms with Gasteiger partial charge in [0.25, 0.3) is 0 Å². The number of benzene rings is 1. The average Bonchev–Trinajstić information content (AvgIpc) is 2.73. The molecular formula is C20H29BFNO4. The number of carbonyl (C=O) groups excluding carboxylic acids is 1. The monoisotopic (exact) mass is 377 g/mol. The number of hydrogen-bond donors (Lipinski definition) is 0. The van der Waals surface area contributed by atoms with Crippen molar-refractivity contribution in [1.29, 1.82) is 0 Å². The Hall–Kier alpha value is -1.60. The number of ether oxygens (including phenoxy) is 1. The van der Waals surface area contributed by atoms with Crippen LogP contribution in [0.15, 0.2) is 12.1 Å². The molecule has 3 rings (SSSR count). The molecule has 0 atom stereocenters. The Balaban J connectivity index is 1.81. The van der Waals surface area contributed by atoms with Crippen molar-refractivity contribution in [3.05, 3.63) is 29.1 Å². The number of halogens is 1. The summed E-state index contributed by atoms with van der Waals surface area (Å²) in [6, 6.07) is 3.56. The summed E-state index contributed by atoms with van der Waals surface area (Å²) in [7, 11) is -0.732. The van der Waals surface area contributed by atoms with Crippen LogP contribution in [0.4, 0.5) is 9.18 Å². The minimum absolute atomic E-state index is 0.296. The molecule has 0 radical (unpaired) electrons. The molecule has 0 spiro atoms. The van der Waals surface area contributed by atoms with Crippen molar-refractivity contribution < 1.29 is 23.2 Å². The molecule has 2 aliphatic heterocycles. The maximum Gasteiger partial charge on any atom is 0.497 e. The van der Waals surface area contributed by atoms with Gasteiger partial charge in [-0.1, -0.05) is 12.1 Å². The Morgan fingerprint density at radius 3 is 2.33 bits per heavy atom. The van der Waals surface area contributed by atoms with Gasteiger partial charge in [0.15, 0.2) is 0 Å². The second kappa shape index (κ2) is 6.48. The third kappa shape index (κ3) is 3.85.